The lowest BCUT2D eigenvalue weighted by Crippen LogP contribution is -2.38. The first-order chi connectivity index (χ1) is 13.5. The number of sulfonamides is 1. The van der Waals surface area contributed by atoms with Crippen molar-refractivity contribution < 1.29 is 13.2 Å². The van der Waals surface area contributed by atoms with Crippen molar-refractivity contribution >= 4 is 15.9 Å². The molecule has 0 unspecified atom stereocenters. The molecule has 0 saturated carbocycles. The van der Waals surface area contributed by atoms with Crippen LogP contribution in [0.25, 0.3) is 0 Å². The summed E-state index contributed by atoms with van der Waals surface area (Å²) in [5.74, 6) is -0.113. The lowest BCUT2D eigenvalue weighted by molar-refractivity contribution is -0.120. The third-order valence-electron chi connectivity index (χ3n) is 5.36. The maximum Gasteiger partial charge on any atom is 0.241 e. The van der Waals surface area contributed by atoms with Crippen LogP contribution in [0.5, 0.6) is 0 Å². The van der Waals surface area contributed by atoms with Crippen molar-refractivity contribution in [1.29, 1.82) is 0 Å². The summed E-state index contributed by atoms with van der Waals surface area (Å²) < 4.78 is 27.5. The average Bonchev–Trinajstić information content (AvgIpc) is 2.73. The summed E-state index contributed by atoms with van der Waals surface area (Å²) in [5, 5.41) is 2.84. The molecule has 0 spiro atoms. The number of carbonyl (C=O) groups is 1. The standard InChI is InChI=1S/C22H28N2O3S/c1-2-17(18-8-4-3-5-9-18)15-23-22(25)16-24-28(26,27)21-13-12-19-10-6-7-11-20(19)14-21/h3-5,8-9,12-14,17,24H,2,6-7,10-11,15-16H2,1H3,(H,23,25)/t17-/m1/s1. The normalized spacial score (nSPS) is 14.9. The van der Waals surface area contributed by atoms with Crippen LogP contribution >= 0.6 is 0 Å². The number of hydrogen-bond donors (Lipinski definition) is 2. The summed E-state index contributed by atoms with van der Waals surface area (Å²) in [6.07, 6.45) is 5.05. The molecule has 150 valence electrons. The monoisotopic (exact) mass is 400 g/mol. The number of aryl methyl sites for hydroxylation is 2. The van der Waals surface area contributed by atoms with Crippen LogP contribution in [0.15, 0.2) is 53.4 Å². The highest BCUT2D eigenvalue weighted by Gasteiger charge is 2.19. The van der Waals surface area contributed by atoms with E-state index in [1.165, 1.54) is 11.1 Å². The van der Waals surface area contributed by atoms with Crippen LogP contribution in [-0.4, -0.2) is 27.4 Å². The molecule has 0 fully saturated rings. The maximum absolute atomic E-state index is 12.5. The molecule has 1 amide bonds. The molecular formula is C22H28N2O3S. The van der Waals surface area contributed by atoms with Gasteiger partial charge in [-0.05, 0) is 60.9 Å². The molecule has 1 atom stereocenters. The Labute approximate surface area is 167 Å². The summed E-state index contributed by atoms with van der Waals surface area (Å²) >= 11 is 0. The van der Waals surface area contributed by atoms with Gasteiger partial charge in [-0.25, -0.2) is 13.1 Å². The van der Waals surface area contributed by atoms with E-state index < -0.39 is 10.0 Å². The van der Waals surface area contributed by atoms with Gasteiger partial charge in [0, 0.05) is 12.5 Å². The van der Waals surface area contributed by atoms with E-state index in [9.17, 15) is 13.2 Å². The molecule has 5 nitrogen and oxygen atoms in total. The summed E-state index contributed by atoms with van der Waals surface area (Å²) in [5.41, 5.74) is 3.50. The summed E-state index contributed by atoms with van der Waals surface area (Å²) in [4.78, 5) is 12.4. The molecule has 2 aromatic rings. The number of carbonyl (C=O) groups excluding carboxylic acids is 1. The lowest BCUT2D eigenvalue weighted by atomic mass is 9.92. The van der Waals surface area contributed by atoms with E-state index in [4.69, 9.17) is 0 Å². The van der Waals surface area contributed by atoms with E-state index in [0.29, 0.717) is 6.54 Å². The number of rotatable bonds is 8. The Balaban J connectivity index is 1.54. The van der Waals surface area contributed by atoms with Gasteiger partial charge in [-0.3, -0.25) is 4.79 Å². The molecule has 0 bridgehead atoms. The topological polar surface area (TPSA) is 75.3 Å². The van der Waals surface area contributed by atoms with Crippen molar-refractivity contribution in [3.8, 4) is 0 Å². The Morgan fingerprint density at radius 1 is 1.04 bits per heavy atom. The van der Waals surface area contributed by atoms with E-state index in [0.717, 1.165) is 37.7 Å². The first-order valence-corrected chi connectivity index (χ1v) is 11.4. The molecule has 0 aliphatic heterocycles. The molecule has 6 heteroatoms. The zero-order valence-electron chi connectivity index (χ0n) is 16.3. The smallest absolute Gasteiger partial charge is 0.241 e. The Kier molecular flexibility index (Phi) is 6.86. The number of nitrogens with one attached hydrogen (secondary N) is 2. The second-order valence-electron chi connectivity index (χ2n) is 7.28. The van der Waals surface area contributed by atoms with Crippen LogP contribution in [0.3, 0.4) is 0 Å². The zero-order valence-corrected chi connectivity index (χ0v) is 17.1. The van der Waals surface area contributed by atoms with Gasteiger partial charge in [0.15, 0.2) is 0 Å². The summed E-state index contributed by atoms with van der Waals surface area (Å²) in [6, 6.07) is 15.3. The quantitative estimate of drug-likeness (QED) is 0.715. The van der Waals surface area contributed by atoms with Gasteiger partial charge in [-0.2, -0.15) is 0 Å². The molecule has 28 heavy (non-hydrogen) atoms. The molecule has 2 aromatic carbocycles. The van der Waals surface area contributed by atoms with Gasteiger partial charge in [0.1, 0.15) is 0 Å². The van der Waals surface area contributed by atoms with E-state index >= 15 is 0 Å². The van der Waals surface area contributed by atoms with Crippen molar-refractivity contribution in [2.45, 2.75) is 49.8 Å². The van der Waals surface area contributed by atoms with Crippen LogP contribution in [0, 0.1) is 0 Å². The van der Waals surface area contributed by atoms with Crippen molar-refractivity contribution in [2.75, 3.05) is 13.1 Å². The molecule has 3 rings (SSSR count). The highest BCUT2D eigenvalue weighted by molar-refractivity contribution is 7.89. The van der Waals surface area contributed by atoms with Gasteiger partial charge in [0.25, 0.3) is 0 Å². The maximum atomic E-state index is 12.5. The second-order valence-corrected chi connectivity index (χ2v) is 9.05. The average molecular weight is 401 g/mol. The van der Waals surface area contributed by atoms with Crippen molar-refractivity contribution in [3.63, 3.8) is 0 Å². The third-order valence-corrected chi connectivity index (χ3v) is 6.76. The molecule has 0 radical (unpaired) electrons. The fraction of sp³-hybridized carbons (Fsp3) is 0.409. The molecule has 0 heterocycles. The molecule has 0 aromatic heterocycles. The Hall–Kier alpha value is -2.18. The summed E-state index contributed by atoms with van der Waals surface area (Å²) in [6.45, 7) is 2.30. The van der Waals surface area contributed by atoms with Crippen molar-refractivity contribution in [3.05, 3.63) is 65.2 Å². The van der Waals surface area contributed by atoms with Crippen LogP contribution in [0.2, 0.25) is 0 Å². The van der Waals surface area contributed by atoms with Crippen molar-refractivity contribution in [2.24, 2.45) is 0 Å². The predicted octanol–water partition coefficient (Wildman–Crippen LogP) is 3.15. The van der Waals surface area contributed by atoms with Gasteiger partial charge < -0.3 is 5.32 Å². The van der Waals surface area contributed by atoms with Gasteiger partial charge in [0.2, 0.25) is 15.9 Å². The minimum absolute atomic E-state index is 0.211. The molecule has 0 saturated heterocycles. The third kappa shape index (κ3) is 5.20. The highest BCUT2D eigenvalue weighted by atomic mass is 32.2. The fourth-order valence-electron chi connectivity index (χ4n) is 3.64. The van der Waals surface area contributed by atoms with Gasteiger partial charge >= 0.3 is 0 Å². The van der Waals surface area contributed by atoms with E-state index in [1.54, 1.807) is 12.1 Å². The predicted molar refractivity (Wildman–Crippen MR) is 111 cm³/mol. The second kappa shape index (κ2) is 9.34. The first kappa shape index (κ1) is 20.6. The van der Waals surface area contributed by atoms with Gasteiger partial charge in [-0.1, -0.05) is 43.3 Å². The summed E-state index contributed by atoms with van der Waals surface area (Å²) in [7, 11) is -3.70. The molecule has 1 aliphatic rings. The first-order valence-electron chi connectivity index (χ1n) is 9.92. The largest absolute Gasteiger partial charge is 0.354 e. The van der Waals surface area contributed by atoms with E-state index in [-0.39, 0.29) is 23.3 Å². The minimum atomic E-state index is -3.70. The van der Waals surface area contributed by atoms with E-state index in [2.05, 4.69) is 17.0 Å². The van der Waals surface area contributed by atoms with Crippen LogP contribution in [-0.2, 0) is 27.7 Å². The van der Waals surface area contributed by atoms with Gasteiger partial charge in [-0.15, -0.1) is 0 Å². The SMILES string of the molecule is CC[C@H](CNC(=O)CNS(=O)(=O)c1ccc2c(c1)CCCC2)c1ccccc1. The Morgan fingerprint density at radius 3 is 2.46 bits per heavy atom. The fourth-order valence-corrected chi connectivity index (χ4v) is 4.68. The van der Waals surface area contributed by atoms with Crippen LogP contribution < -0.4 is 10.0 Å². The van der Waals surface area contributed by atoms with Gasteiger partial charge in [0.05, 0.1) is 11.4 Å². The molecule has 2 N–H and O–H groups in total. The Bertz CT molecular complexity index is 911. The number of hydrogen-bond acceptors (Lipinski definition) is 3. The zero-order chi connectivity index (χ0) is 20.0. The molecular weight excluding hydrogens is 372 g/mol. The van der Waals surface area contributed by atoms with Crippen LogP contribution in [0.4, 0.5) is 0 Å². The lowest BCUT2D eigenvalue weighted by Gasteiger charge is -2.17. The van der Waals surface area contributed by atoms with E-state index in [1.807, 2.05) is 36.4 Å². The van der Waals surface area contributed by atoms with Crippen molar-refractivity contribution in [1.82, 2.24) is 10.0 Å². The van der Waals surface area contributed by atoms with Crippen LogP contribution in [0.1, 0.15) is 48.8 Å². The highest BCUT2D eigenvalue weighted by Crippen LogP contribution is 2.24. The number of fused-ring (bicyclic) bond motifs is 1. The minimum Gasteiger partial charge on any atom is -0.354 e. The number of amides is 1. The number of benzene rings is 2. The Morgan fingerprint density at radius 2 is 1.75 bits per heavy atom. The molecule has 1 aliphatic carbocycles.